The van der Waals surface area contributed by atoms with Crippen molar-refractivity contribution in [3.63, 3.8) is 0 Å². The van der Waals surface area contributed by atoms with Crippen molar-refractivity contribution in [2.75, 3.05) is 26.2 Å². The topological polar surface area (TPSA) is 34.6 Å². The van der Waals surface area contributed by atoms with Crippen LogP contribution < -0.4 is 4.74 Å². The molecule has 1 aliphatic heterocycles. The Kier molecular flexibility index (Phi) is 12.5. The Hall–Kier alpha value is -1.33. The largest absolute Gasteiger partial charge is 0.491 e. The third kappa shape index (κ3) is 7.64. The second kappa shape index (κ2) is 13.9. The van der Waals surface area contributed by atoms with Crippen molar-refractivity contribution in [1.29, 1.82) is 0 Å². The standard InChI is InChI=1S/C25H36N2O2.2ClH/c1-5-27(6-2)14-12-19(3)13-15-29-25-20(4)26-24(22-17-28-18-23(22)25)16-21-10-8-7-9-11-21;;/h7-11,19H,5-6,12-18H2,1-4H3;2*1H. The predicted molar refractivity (Wildman–Crippen MR) is 133 cm³/mol. The van der Waals surface area contributed by atoms with E-state index in [1.54, 1.807) is 0 Å². The van der Waals surface area contributed by atoms with Gasteiger partial charge in [0.05, 0.1) is 31.2 Å². The monoisotopic (exact) mass is 468 g/mol. The highest BCUT2D eigenvalue weighted by Crippen LogP contribution is 2.34. The Morgan fingerprint density at radius 2 is 1.71 bits per heavy atom. The molecule has 0 spiro atoms. The molecule has 0 bridgehead atoms. The zero-order valence-corrected chi connectivity index (χ0v) is 21.0. The number of aromatic nitrogens is 1. The van der Waals surface area contributed by atoms with E-state index in [4.69, 9.17) is 14.5 Å². The first kappa shape index (κ1) is 27.7. The first-order valence-corrected chi connectivity index (χ1v) is 11.1. The minimum atomic E-state index is 0. The molecule has 0 aliphatic carbocycles. The first-order valence-electron chi connectivity index (χ1n) is 11.1. The second-order valence-corrected chi connectivity index (χ2v) is 8.14. The molecular weight excluding hydrogens is 431 g/mol. The van der Waals surface area contributed by atoms with Crippen LogP contribution >= 0.6 is 24.8 Å². The molecular formula is C25H38Cl2N2O2. The van der Waals surface area contributed by atoms with Gasteiger partial charge in [0.25, 0.3) is 0 Å². The average molecular weight is 469 g/mol. The van der Waals surface area contributed by atoms with Gasteiger partial charge in [-0.25, -0.2) is 0 Å². The minimum Gasteiger partial charge on any atom is -0.491 e. The Balaban J connectivity index is 0.00000240. The molecule has 1 unspecified atom stereocenters. The Morgan fingerprint density at radius 1 is 1.03 bits per heavy atom. The smallest absolute Gasteiger partial charge is 0.146 e. The summed E-state index contributed by atoms with van der Waals surface area (Å²) < 4.78 is 12.0. The molecule has 0 N–H and O–H groups in total. The van der Waals surface area contributed by atoms with Crippen molar-refractivity contribution in [3.05, 3.63) is 58.4 Å². The summed E-state index contributed by atoms with van der Waals surface area (Å²) in [6, 6.07) is 10.5. The number of aryl methyl sites for hydroxylation is 1. The summed E-state index contributed by atoms with van der Waals surface area (Å²) >= 11 is 0. The molecule has 174 valence electrons. The molecule has 1 aliphatic rings. The molecule has 0 radical (unpaired) electrons. The van der Waals surface area contributed by atoms with Gasteiger partial charge in [0.2, 0.25) is 0 Å². The number of benzene rings is 1. The van der Waals surface area contributed by atoms with Gasteiger partial charge in [-0.1, -0.05) is 51.1 Å². The maximum atomic E-state index is 6.26. The van der Waals surface area contributed by atoms with Crippen molar-refractivity contribution in [2.24, 2.45) is 5.92 Å². The summed E-state index contributed by atoms with van der Waals surface area (Å²) in [7, 11) is 0. The number of rotatable bonds is 11. The van der Waals surface area contributed by atoms with Gasteiger partial charge in [-0.2, -0.15) is 0 Å². The van der Waals surface area contributed by atoms with Crippen LogP contribution in [-0.2, 0) is 24.4 Å². The minimum absolute atomic E-state index is 0. The van der Waals surface area contributed by atoms with Crippen LogP contribution in [0.5, 0.6) is 5.75 Å². The second-order valence-electron chi connectivity index (χ2n) is 8.14. The lowest BCUT2D eigenvalue weighted by Crippen LogP contribution is -2.25. The summed E-state index contributed by atoms with van der Waals surface area (Å²) in [5.74, 6) is 1.61. The van der Waals surface area contributed by atoms with Crippen molar-refractivity contribution in [2.45, 2.75) is 60.2 Å². The maximum absolute atomic E-state index is 6.26. The third-order valence-electron chi connectivity index (χ3n) is 6.01. The molecule has 31 heavy (non-hydrogen) atoms. The summed E-state index contributed by atoms with van der Waals surface area (Å²) in [4.78, 5) is 7.40. The van der Waals surface area contributed by atoms with Gasteiger partial charge >= 0.3 is 0 Å². The summed E-state index contributed by atoms with van der Waals surface area (Å²) in [5, 5.41) is 0. The lowest BCUT2D eigenvalue weighted by Gasteiger charge is -2.21. The van der Waals surface area contributed by atoms with Gasteiger partial charge in [0.15, 0.2) is 0 Å². The lowest BCUT2D eigenvalue weighted by atomic mass is 10.0. The predicted octanol–water partition coefficient (Wildman–Crippen LogP) is 5.99. The molecule has 0 amide bonds. The highest BCUT2D eigenvalue weighted by molar-refractivity contribution is 5.85. The molecule has 1 aromatic carbocycles. The number of fused-ring (bicyclic) bond motifs is 1. The van der Waals surface area contributed by atoms with Crippen molar-refractivity contribution >= 4 is 24.8 Å². The molecule has 0 fully saturated rings. The van der Waals surface area contributed by atoms with Crippen molar-refractivity contribution in [1.82, 2.24) is 9.88 Å². The number of halogens is 2. The van der Waals surface area contributed by atoms with Crippen LogP contribution in [-0.4, -0.2) is 36.1 Å². The number of nitrogens with zero attached hydrogens (tertiary/aromatic N) is 2. The van der Waals surface area contributed by atoms with E-state index >= 15 is 0 Å². The molecule has 4 nitrogen and oxygen atoms in total. The Labute approximate surface area is 200 Å². The number of pyridine rings is 1. The molecule has 0 saturated heterocycles. The van der Waals surface area contributed by atoms with Crippen molar-refractivity contribution in [3.8, 4) is 5.75 Å². The van der Waals surface area contributed by atoms with E-state index in [0.717, 1.165) is 49.7 Å². The van der Waals surface area contributed by atoms with E-state index in [-0.39, 0.29) is 24.8 Å². The van der Waals surface area contributed by atoms with E-state index in [0.29, 0.717) is 19.1 Å². The van der Waals surface area contributed by atoms with E-state index in [1.165, 1.54) is 29.7 Å². The van der Waals surface area contributed by atoms with E-state index in [2.05, 4.69) is 62.9 Å². The van der Waals surface area contributed by atoms with Gasteiger partial charge in [-0.05, 0) is 50.9 Å². The lowest BCUT2D eigenvalue weighted by molar-refractivity contribution is 0.132. The van der Waals surface area contributed by atoms with Crippen LogP contribution in [0.1, 0.15) is 61.7 Å². The molecule has 3 rings (SSSR count). The fraction of sp³-hybridized carbons (Fsp3) is 0.560. The fourth-order valence-corrected chi connectivity index (χ4v) is 4.00. The molecule has 2 aromatic rings. The number of ether oxygens (including phenoxy) is 2. The van der Waals surface area contributed by atoms with Crippen LogP contribution in [0.2, 0.25) is 0 Å². The molecule has 1 atom stereocenters. The van der Waals surface area contributed by atoms with Gasteiger partial charge < -0.3 is 14.4 Å². The third-order valence-corrected chi connectivity index (χ3v) is 6.01. The van der Waals surface area contributed by atoms with Crippen LogP contribution in [0.3, 0.4) is 0 Å². The summed E-state index contributed by atoms with van der Waals surface area (Å²) in [6.07, 6.45) is 3.14. The molecule has 1 aromatic heterocycles. The van der Waals surface area contributed by atoms with E-state index < -0.39 is 0 Å². The number of hydrogen-bond donors (Lipinski definition) is 0. The van der Waals surface area contributed by atoms with Gasteiger partial charge in [0.1, 0.15) is 5.75 Å². The zero-order valence-electron chi connectivity index (χ0n) is 19.4. The fourth-order valence-electron chi connectivity index (χ4n) is 4.00. The Morgan fingerprint density at radius 3 is 2.39 bits per heavy atom. The van der Waals surface area contributed by atoms with Crippen LogP contribution in [0.25, 0.3) is 0 Å². The van der Waals surface area contributed by atoms with Gasteiger partial charge in [-0.15, -0.1) is 24.8 Å². The highest BCUT2D eigenvalue weighted by Gasteiger charge is 2.24. The van der Waals surface area contributed by atoms with Gasteiger partial charge in [-0.3, -0.25) is 4.98 Å². The molecule has 0 saturated carbocycles. The summed E-state index contributed by atoms with van der Waals surface area (Å²) in [6.45, 7) is 14.3. The number of hydrogen-bond acceptors (Lipinski definition) is 4. The van der Waals surface area contributed by atoms with E-state index in [1.807, 2.05) is 0 Å². The van der Waals surface area contributed by atoms with Crippen molar-refractivity contribution < 1.29 is 9.47 Å². The van der Waals surface area contributed by atoms with E-state index in [9.17, 15) is 0 Å². The summed E-state index contributed by atoms with van der Waals surface area (Å²) in [5.41, 5.74) is 5.82. The normalized spacial score (nSPS) is 13.3. The average Bonchev–Trinajstić information content (AvgIpc) is 3.22. The molecule has 6 heteroatoms. The van der Waals surface area contributed by atoms with Crippen LogP contribution in [0, 0.1) is 12.8 Å². The Bertz CT molecular complexity index is 783. The van der Waals surface area contributed by atoms with Gasteiger partial charge in [0, 0.05) is 17.5 Å². The highest BCUT2D eigenvalue weighted by atomic mass is 35.5. The van der Waals surface area contributed by atoms with Crippen LogP contribution in [0.15, 0.2) is 30.3 Å². The quantitative estimate of drug-likeness (QED) is 0.405. The molecule has 2 heterocycles. The first-order chi connectivity index (χ1) is 14.1. The SMILES string of the molecule is CCN(CC)CCC(C)CCOc1c(C)nc(Cc2ccccc2)c2c1COC2.Cl.Cl. The maximum Gasteiger partial charge on any atom is 0.146 e. The zero-order chi connectivity index (χ0) is 20.6. The van der Waals surface area contributed by atoms with Crippen LogP contribution in [0.4, 0.5) is 0 Å².